The van der Waals surface area contributed by atoms with Crippen LogP contribution in [0.15, 0.2) is 77.6 Å². The number of piperidine rings is 1. The number of H-pyrrole nitrogens is 1. The lowest BCUT2D eigenvalue weighted by Gasteiger charge is -2.46. The van der Waals surface area contributed by atoms with Crippen molar-refractivity contribution in [3.8, 4) is 0 Å². The average molecular weight is 482 g/mol. The van der Waals surface area contributed by atoms with E-state index in [4.69, 9.17) is 9.90 Å². The number of aliphatic hydroxyl groups is 1. The topological polar surface area (TPSA) is 123 Å². The number of halogens is 1. The van der Waals surface area contributed by atoms with Crippen LogP contribution in [0.1, 0.15) is 28.0 Å². The molecule has 2 atom stereocenters. The van der Waals surface area contributed by atoms with E-state index < -0.39 is 17.6 Å². The number of carbonyl (C=O) groups excluding carboxylic acids is 1. The van der Waals surface area contributed by atoms with E-state index in [9.17, 15) is 19.1 Å². The molecule has 0 bridgehead atoms. The molecular formula is C26H28FN3O5. The summed E-state index contributed by atoms with van der Waals surface area (Å²) in [7, 11) is 0. The van der Waals surface area contributed by atoms with Gasteiger partial charge in [-0.1, -0.05) is 48.5 Å². The molecule has 184 valence electrons. The smallest absolute Gasteiger partial charge is 0.290 e. The number of carbonyl (C=O) groups is 2. The third-order valence-electron chi connectivity index (χ3n) is 6.07. The molecule has 8 nitrogen and oxygen atoms in total. The van der Waals surface area contributed by atoms with E-state index in [1.54, 1.807) is 6.07 Å². The highest BCUT2D eigenvalue weighted by Crippen LogP contribution is 2.34. The van der Waals surface area contributed by atoms with Crippen LogP contribution in [0.2, 0.25) is 0 Å². The number of nitrogens with zero attached hydrogens (tertiary/aromatic N) is 1. The number of β-amino-alcohol motifs (C(OH)–C–C–N with tert-alkyl or cyclic N) is 1. The number of likely N-dealkylation sites (tertiary alicyclic amines) is 1. The average Bonchev–Trinajstić information content (AvgIpc) is 2.85. The summed E-state index contributed by atoms with van der Waals surface area (Å²) in [5, 5.41) is 21.1. The molecule has 2 heterocycles. The van der Waals surface area contributed by atoms with E-state index in [0.717, 1.165) is 11.1 Å². The molecule has 3 aromatic rings. The molecule has 0 saturated carbocycles. The minimum absolute atomic E-state index is 0.147. The Labute approximate surface area is 202 Å². The number of aromatic amines is 1. The van der Waals surface area contributed by atoms with Gasteiger partial charge in [-0.05, 0) is 42.2 Å². The number of aliphatic hydroxyl groups excluding tert-OH is 1. The molecule has 0 unspecified atom stereocenters. The van der Waals surface area contributed by atoms with Crippen molar-refractivity contribution in [1.29, 1.82) is 0 Å². The van der Waals surface area contributed by atoms with Crippen LogP contribution < -0.4 is 10.9 Å². The Morgan fingerprint density at radius 3 is 2.51 bits per heavy atom. The fraction of sp³-hybridized carbons (Fsp3) is 0.269. The molecule has 0 spiro atoms. The van der Waals surface area contributed by atoms with Gasteiger partial charge in [-0.3, -0.25) is 14.4 Å². The second kappa shape index (κ2) is 12.0. The summed E-state index contributed by atoms with van der Waals surface area (Å²) >= 11 is 0. The fourth-order valence-electron chi connectivity index (χ4n) is 4.32. The molecule has 1 aromatic heterocycles. The summed E-state index contributed by atoms with van der Waals surface area (Å²) in [6.45, 7) is 1.42. The number of nitrogens with one attached hydrogen (secondary N) is 2. The van der Waals surface area contributed by atoms with Gasteiger partial charge in [-0.15, -0.1) is 0 Å². The molecule has 4 rings (SSSR count). The molecule has 2 aromatic carbocycles. The molecule has 35 heavy (non-hydrogen) atoms. The molecule has 1 saturated heterocycles. The van der Waals surface area contributed by atoms with Gasteiger partial charge in [0.25, 0.3) is 12.4 Å². The van der Waals surface area contributed by atoms with Gasteiger partial charge in [-0.2, -0.15) is 0 Å². The second-order valence-electron chi connectivity index (χ2n) is 8.27. The van der Waals surface area contributed by atoms with E-state index in [1.807, 2.05) is 36.4 Å². The van der Waals surface area contributed by atoms with Crippen LogP contribution in [-0.2, 0) is 16.8 Å². The first-order chi connectivity index (χ1) is 16.9. The first-order valence-electron chi connectivity index (χ1n) is 11.2. The largest absolute Gasteiger partial charge is 0.483 e. The van der Waals surface area contributed by atoms with Crippen molar-refractivity contribution in [2.24, 2.45) is 0 Å². The lowest BCUT2D eigenvalue weighted by atomic mass is 9.78. The monoisotopic (exact) mass is 481 g/mol. The van der Waals surface area contributed by atoms with Crippen molar-refractivity contribution in [2.75, 3.05) is 19.6 Å². The van der Waals surface area contributed by atoms with Crippen LogP contribution in [-0.4, -0.2) is 58.2 Å². The van der Waals surface area contributed by atoms with Gasteiger partial charge >= 0.3 is 0 Å². The minimum Gasteiger partial charge on any atom is -0.483 e. The van der Waals surface area contributed by atoms with Crippen molar-refractivity contribution >= 4 is 12.4 Å². The summed E-state index contributed by atoms with van der Waals surface area (Å²) in [6, 6.07) is 20.3. The van der Waals surface area contributed by atoms with Crippen molar-refractivity contribution < 1.29 is 24.2 Å². The van der Waals surface area contributed by atoms with Crippen LogP contribution >= 0.6 is 0 Å². The van der Waals surface area contributed by atoms with Gasteiger partial charge in [-0.25, -0.2) is 4.39 Å². The number of aromatic nitrogens is 1. The van der Waals surface area contributed by atoms with Gasteiger partial charge in [0, 0.05) is 25.7 Å². The Morgan fingerprint density at radius 1 is 1.14 bits per heavy atom. The summed E-state index contributed by atoms with van der Waals surface area (Å²) in [5.74, 6) is -0.704. The number of rotatable bonds is 6. The van der Waals surface area contributed by atoms with Gasteiger partial charge in [0.2, 0.25) is 5.56 Å². The Bertz CT molecular complexity index is 1190. The van der Waals surface area contributed by atoms with Crippen molar-refractivity contribution in [2.45, 2.75) is 24.5 Å². The zero-order valence-electron chi connectivity index (χ0n) is 19.1. The molecule has 0 aliphatic carbocycles. The zero-order valence-corrected chi connectivity index (χ0v) is 19.1. The number of benzene rings is 2. The first kappa shape index (κ1) is 25.8. The highest BCUT2D eigenvalue weighted by atomic mass is 19.1. The van der Waals surface area contributed by atoms with Crippen LogP contribution in [0.4, 0.5) is 4.39 Å². The molecule has 4 N–H and O–H groups in total. The predicted octanol–water partition coefficient (Wildman–Crippen LogP) is 2.15. The van der Waals surface area contributed by atoms with Crippen molar-refractivity contribution in [3.05, 3.63) is 106 Å². The highest BCUT2D eigenvalue weighted by molar-refractivity contribution is 5.92. The number of pyridine rings is 1. The summed E-state index contributed by atoms with van der Waals surface area (Å²) in [5.41, 5.74) is 0.512. The first-order valence-corrected chi connectivity index (χ1v) is 11.2. The normalized spacial score (nSPS) is 19.8. The summed E-state index contributed by atoms with van der Waals surface area (Å²) < 4.78 is 13.5. The Kier molecular flexibility index (Phi) is 8.88. The Hall–Kier alpha value is -3.82. The fourth-order valence-corrected chi connectivity index (χ4v) is 4.32. The van der Waals surface area contributed by atoms with Crippen molar-refractivity contribution in [3.63, 3.8) is 0 Å². The predicted molar refractivity (Wildman–Crippen MR) is 129 cm³/mol. The molecule has 1 amide bonds. The lowest BCUT2D eigenvalue weighted by Crippen LogP contribution is -2.62. The van der Waals surface area contributed by atoms with Crippen LogP contribution in [0, 0.1) is 5.82 Å². The number of carboxylic acid groups (broad SMARTS) is 1. The summed E-state index contributed by atoms with van der Waals surface area (Å²) in [6.07, 6.45) is 0.287. The van der Waals surface area contributed by atoms with E-state index in [-0.39, 0.29) is 23.5 Å². The van der Waals surface area contributed by atoms with E-state index in [0.29, 0.717) is 32.5 Å². The van der Waals surface area contributed by atoms with Crippen LogP contribution in [0.5, 0.6) is 0 Å². The number of hydrogen-bond acceptors (Lipinski definition) is 5. The highest BCUT2D eigenvalue weighted by Gasteiger charge is 2.45. The second-order valence-corrected chi connectivity index (χ2v) is 8.27. The minimum atomic E-state index is -0.986. The quantitative estimate of drug-likeness (QED) is 0.400. The van der Waals surface area contributed by atoms with Crippen molar-refractivity contribution in [1.82, 2.24) is 15.2 Å². The third kappa shape index (κ3) is 6.62. The number of amides is 1. The van der Waals surface area contributed by atoms with E-state index in [2.05, 4.69) is 15.2 Å². The van der Waals surface area contributed by atoms with Gasteiger partial charge < -0.3 is 25.4 Å². The standard InChI is InChI=1S/C25H26FN3O3.CH2O2/c26-20-9-4-6-18(16-20)12-14-29-15-13-25(22(30)17-29,19-7-2-1-3-8-19)28-24(32)21-10-5-11-23(31)27-21;2-1-3/h1-11,16,22,30H,12-15,17H2,(H,27,31)(H,28,32);1H,(H,2,3)/t22-,25-;/m1./s1. The van der Waals surface area contributed by atoms with E-state index in [1.165, 1.54) is 30.3 Å². The zero-order chi connectivity index (χ0) is 25.3. The molecule has 1 aliphatic heterocycles. The Balaban J connectivity index is 0.00000108. The molecule has 1 fully saturated rings. The molecule has 0 radical (unpaired) electrons. The third-order valence-corrected chi connectivity index (χ3v) is 6.07. The van der Waals surface area contributed by atoms with Crippen LogP contribution in [0.25, 0.3) is 0 Å². The maximum atomic E-state index is 13.5. The van der Waals surface area contributed by atoms with Gasteiger partial charge in [0.05, 0.1) is 11.6 Å². The number of hydrogen-bond donors (Lipinski definition) is 4. The van der Waals surface area contributed by atoms with E-state index >= 15 is 0 Å². The van der Waals surface area contributed by atoms with Crippen LogP contribution in [0.3, 0.4) is 0 Å². The maximum Gasteiger partial charge on any atom is 0.290 e. The Morgan fingerprint density at radius 2 is 1.86 bits per heavy atom. The molecular weight excluding hydrogens is 453 g/mol. The molecule has 9 heteroatoms. The van der Waals surface area contributed by atoms with Gasteiger partial charge in [0.15, 0.2) is 0 Å². The molecule has 1 aliphatic rings. The maximum absolute atomic E-state index is 13.5. The summed E-state index contributed by atoms with van der Waals surface area (Å²) in [4.78, 5) is 37.6. The lowest BCUT2D eigenvalue weighted by molar-refractivity contribution is -0.122. The SMILES string of the molecule is O=C(N[C@@]1(c2ccccc2)CCN(CCc2cccc(F)c2)C[C@H]1O)c1cccc(=O)[nH]1.O=CO. The van der Waals surface area contributed by atoms with Gasteiger partial charge in [0.1, 0.15) is 11.5 Å².